The maximum atomic E-state index is 12.1. The number of carbonyl (C=O) groups excluding carboxylic acids is 1. The van der Waals surface area contributed by atoms with Crippen LogP contribution in [0.2, 0.25) is 0 Å². The van der Waals surface area contributed by atoms with Crippen molar-refractivity contribution in [1.82, 2.24) is 10.2 Å². The molecule has 3 nitrogen and oxygen atoms in total. The van der Waals surface area contributed by atoms with Gasteiger partial charge in [0.1, 0.15) is 0 Å². The van der Waals surface area contributed by atoms with Crippen LogP contribution in [-0.2, 0) is 0 Å². The van der Waals surface area contributed by atoms with Crippen LogP contribution in [-0.4, -0.2) is 37.0 Å². The largest absolute Gasteiger partial charge is 0.351 e. The standard InChI is InChI=1S/C15H23BrN2O/c1-4-10-18(5-2)11-9-17-15(19)13-7-6-8-14(16)12(13)3/h6-8H,4-5,9-11H2,1-3H3,(H,17,19). The van der Waals surface area contributed by atoms with E-state index in [1.165, 1.54) is 0 Å². The van der Waals surface area contributed by atoms with Crippen molar-refractivity contribution >= 4 is 21.8 Å². The van der Waals surface area contributed by atoms with Crippen LogP contribution in [0.5, 0.6) is 0 Å². The summed E-state index contributed by atoms with van der Waals surface area (Å²) in [7, 11) is 0. The normalized spacial score (nSPS) is 10.8. The zero-order chi connectivity index (χ0) is 14.3. The van der Waals surface area contributed by atoms with Gasteiger partial charge in [0.15, 0.2) is 0 Å². The van der Waals surface area contributed by atoms with Crippen molar-refractivity contribution in [3.63, 3.8) is 0 Å². The first-order valence-corrected chi connectivity index (χ1v) is 7.65. The zero-order valence-electron chi connectivity index (χ0n) is 12.0. The zero-order valence-corrected chi connectivity index (χ0v) is 13.6. The minimum Gasteiger partial charge on any atom is -0.351 e. The number of hydrogen-bond acceptors (Lipinski definition) is 2. The number of carbonyl (C=O) groups is 1. The van der Waals surface area contributed by atoms with Crippen LogP contribution < -0.4 is 5.32 Å². The summed E-state index contributed by atoms with van der Waals surface area (Å²) in [5.74, 6) is 0.00588. The predicted molar refractivity (Wildman–Crippen MR) is 83.6 cm³/mol. The highest BCUT2D eigenvalue weighted by molar-refractivity contribution is 9.10. The average Bonchev–Trinajstić information content (AvgIpc) is 2.40. The number of rotatable bonds is 7. The Hall–Kier alpha value is -0.870. The Balaban J connectivity index is 2.49. The number of nitrogens with zero attached hydrogens (tertiary/aromatic N) is 1. The van der Waals surface area contributed by atoms with Crippen LogP contribution >= 0.6 is 15.9 Å². The van der Waals surface area contributed by atoms with Crippen LogP contribution in [0.4, 0.5) is 0 Å². The van der Waals surface area contributed by atoms with E-state index in [-0.39, 0.29) is 5.91 Å². The van der Waals surface area contributed by atoms with Crippen molar-refractivity contribution in [2.75, 3.05) is 26.2 Å². The second-order valence-corrected chi connectivity index (χ2v) is 5.46. The monoisotopic (exact) mass is 326 g/mol. The number of nitrogens with one attached hydrogen (secondary N) is 1. The van der Waals surface area contributed by atoms with Gasteiger partial charge in [0.2, 0.25) is 0 Å². The molecule has 0 saturated heterocycles. The molecule has 4 heteroatoms. The van der Waals surface area contributed by atoms with Crippen LogP contribution in [0.3, 0.4) is 0 Å². The molecule has 1 aromatic carbocycles. The van der Waals surface area contributed by atoms with Gasteiger partial charge in [0.25, 0.3) is 5.91 Å². The van der Waals surface area contributed by atoms with Crippen molar-refractivity contribution in [3.8, 4) is 0 Å². The highest BCUT2D eigenvalue weighted by Crippen LogP contribution is 2.19. The first-order valence-electron chi connectivity index (χ1n) is 6.85. The lowest BCUT2D eigenvalue weighted by atomic mass is 10.1. The maximum absolute atomic E-state index is 12.1. The Kier molecular flexibility index (Phi) is 7.10. The fraction of sp³-hybridized carbons (Fsp3) is 0.533. The first kappa shape index (κ1) is 16.2. The summed E-state index contributed by atoms with van der Waals surface area (Å²) in [6, 6.07) is 5.70. The summed E-state index contributed by atoms with van der Waals surface area (Å²) in [5.41, 5.74) is 1.73. The molecule has 0 fully saturated rings. The van der Waals surface area contributed by atoms with E-state index in [0.29, 0.717) is 6.54 Å². The molecule has 0 spiro atoms. The molecular weight excluding hydrogens is 304 g/mol. The van der Waals surface area contributed by atoms with Gasteiger partial charge in [-0.25, -0.2) is 0 Å². The Morgan fingerprint density at radius 3 is 2.68 bits per heavy atom. The molecule has 0 unspecified atom stereocenters. The highest BCUT2D eigenvalue weighted by atomic mass is 79.9. The molecule has 0 bridgehead atoms. The lowest BCUT2D eigenvalue weighted by Gasteiger charge is -2.19. The summed E-state index contributed by atoms with van der Waals surface area (Å²) in [6.07, 6.45) is 1.15. The molecule has 1 rings (SSSR count). The first-order chi connectivity index (χ1) is 9.10. The molecule has 1 amide bonds. The SMILES string of the molecule is CCCN(CC)CCNC(=O)c1cccc(Br)c1C. The fourth-order valence-electron chi connectivity index (χ4n) is 2.02. The molecule has 0 heterocycles. The third kappa shape index (κ3) is 4.96. The third-order valence-electron chi connectivity index (χ3n) is 3.21. The summed E-state index contributed by atoms with van der Waals surface area (Å²) >= 11 is 3.45. The molecule has 0 atom stereocenters. The van der Waals surface area contributed by atoms with Gasteiger partial charge in [-0.2, -0.15) is 0 Å². The summed E-state index contributed by atoms with van der Waals surface area (Å²) < 4.78 is 0.973. The lowest BCUT2D eigenvalue weighted by Crippen LogP contribution is -2.35. The van der Waals surface area contributed by atoms with E-state index in [4.69, 9.17) is 0 Å². The summed E-state index contributed by atoms with van der Waals surface area (Å²) in [5, 5.41) is 2.99. The van der Waals surface area contributed by atoms with Crippen molar-refractivity contribution in [3.05, 3.63) is 33.8 Å². The van der Waals surface area contributed by atoms with Crippen LogP contribution in [0.25, 0.3) is 0 Å². The molecule has 19 heavy (non-hydrogen) atoms. The molecule has 1 aromatic rings. The van der Waals surface area contributed by atoms with Crippen LogP contribution in [0.1, 0.15) is 36.2 Å². The second kappa shape index (κ2) is 8.33. The van der Waals surface area contributed by atoms with Gasteiger partial charge in [0, 0.05) is 23.1 Å². The molecule has 0 aromatic heterocycles. The van der Waals surface area contributed by atoms with Crippen molar-refractivity contribution in [2.24, 2.45) is 0 Å². The Morgan fingerprint density at radius 1 is 1.32 bits per heavy atom. The van der Waals surface area contributed by atoms with Gasteiger partial charge >= 0.3 is 0 Å². The number of amides is 1. The second-order valence-electron chi connectivity index (χ2n) is 4.60. The summed E-state index contributed by atoms with van der Waals surface area (Å²) in [6.45, 7) is 9.99. The van der Waals surface area contributed by atoms with E-state index >= 15 is 0 Å². The smallest absolute Gasteiger partial charge is 0.251 e. The predicted octanol–water partition coefficient (Wildman–Crippen LogP) is 3.22. The molecule has 1 N–H and O–H groups in total. The van der Waals surface area contributed by atoms with Gasteiger partial charge in [-0.3, -0.25) is 4.79 Å². The van der Waals surface area contributed by atoms with Crippen molar-refractivity contribution < 1.29 is 4.79 Å². The number of hydrogen-bond donors (Lipinski definition) is 1. The van der Waals surface area contributed by atoms with E-state index in [0.717, 1.165) is 41.7 Å². The lowest BCUT2D eigenvalue weighted by molar-refractivity contribution is 0.0948. The van der Waals surface area contributed by atoms with Crippen molar-refractivity contribution in [2.45, 2.75) is 27.2 Å². The third-order valence-corrected chi connectivity index (χ3v) is 4.07. The van der Waals surface area contributed by atoms with Crippen LogP contribution in [0, 0.1) is 6.92 Å². The van der Waals surface area contributed by atoms with E-state index in [1.807, 2.05) is 25.1 Å². The molecular formula is C15H23BrN2O. The minimum absolute atomic E-state index is 0.00588. The fourth-order valence-corrected chi connectivity index (χ4v) is 2.39. The Morgan fingerprint density at radius 2 is 2.05 bits per heavy atom. The van der Waals surface area contributed by atoms with E-state index in [2.05, 4.69) is 40.0 Å². The molecule has 0 saturated carbocycles. The highest BCUT2D eigenvalue weighted by Gasteiger charge is 2.10. The quantitative estimate of drug-likeness (QED) is 0.834. The number of benzene rings is 1. The van der Waals surface area contributed by atoms with E-state index in [1.54, 1.807) is 0 Å². The Bertz CT molecular complexity index is 421. The number of halogens is 1. The molecule has 0 aliphatic rings. The number of likely N-dealkylation sites (N-methyl/N-ethyl adjacent to an activating group) is 1. The van der Waals surface area contributed by atoms with Gasteiger partial charge in [-0.15, -0.1) is 0 Å². The molecule has 0 aliphatic carbocycles. The van der Waals surface area contributed by atoms with Gasteiger partial charge in [-0.1, -0.05) is 35.8 Å². The van der Waals surface area contributed by atoms with E-state index in [9.17, 15) is 4.79 Å². The van der Waals surface area contributed by atoms with Crippen LogP contribution in [0.15, 0.2) is 22.7 Å². The average molecular weight is 327 g/mol. The van der Waals surface area contributed by atoms with Crippen molar-refractivity contribution in [1.29, 1.82) is 0 Å². The maximum Gasteiger partial charge on any atom is 0.251 e. The van der Waals surface area contributed by atoms with Gasteiger partial charge in [-0.05, 0) is 44.1 Å². The Labute approximate surface area is 124 Å². The summed E-state index contributed by atoms with van der Waals surface area (Å²) in [4.78, 5) is 14.4. The van der Waals surface area contributed by atoms with Gasteiger partial charge < -0.3 is 10.2 Å². The molecule has 0 aliphatic heterocycles. The van der Waals surface area contributed by atoms with E-state index < -0.39 is 0 Å². The van der Waals surface area contributed by atoms with Gasteiger partial charge in [0.05, 0.1) is 0 Å². The topological polar surface area (TPSA) is 32.3 Å². The molecule has 106 valence electrons. The minimum atomic E-state index is 0.00588. The molecule has 0 radical (unpaired) electrons.